The number of benzene rings is 1. The molecule has 1 aromatic heterocycles. The fraction of sp³-hybridized carbons (Fsp3) is 0.333. The molecule has 130 valence electrons. The molecule has 1 amide bonds. The first kappa shape index (κ1) is 17.0. The van der Waals surface area contributed by atoms with E-state index in [0.29, 0.717) is 25.3 Å². The quantitative estimate of drug-likeness (QED) is 0.596. The highest BCUT2D eigenvalue weighted by molar-refractivity contribution is 5.94. The fourth-order valence-corrected chi connectivity index (χ4v) is 2.90. The maximum Gasteiger partial charge on any atom is 0.270 e. The molecule has 7 heteroatoms. The van der Waals surface area contributed by atoms with E-state index >= 15 is 0 Å². The first-order valence-electron chi connectivity index (χ1n) is 8.18. The number of nitrogens with zero attached hydrogens (tertiary/aromatic N) is 3. The Hall–Kier alpha value is -2.80. The number of amides is 1. The van der Waals surface area contributed by atoms with Gasteiger partial charge in [0, 0.05) is 49.8 Å². The lowest BCUT2D eigenvalue weighted by atomic mass is 10.1. The molecule has 1 aliphatic rings. The van der Waals surface area contributed by atoms with Gasteiger partial charge in [0.15, 0.2) is 0 Å². The van der Waals surface area contributed by atoms with Crippen molar-refractivity contribution in [1.82, 2.24) is 9.88 Å². The van der Waals surface area contributed by atoms with Crippen LogP contribution in [-0.4, -0.2) is 40.0 Å². The van der Waals surface area contributed by atoms with Gasteiger partial charge in [-0.2, -0.15) is 0 Å². The van der Waals surface area contributed by atoms with Crippen molar-refractivity contribution in [2.24, 2.45) is 0 Å². The van der Waals surface area contributed by atoms with Crippen LogP contribution in [0.5, 0.6) is 0 Å². The van der Waals surface area contributed by atoms with Crippen molar-refractivity contribution in [3.63, 3.8) is 0 Å². The molecule has 0 N–H and O–H groups in total. The molecule has 2 aromatic rings. The van der Waals surface area contributed by atoms with Gasteiger partial charge in [0.1, 0.15) is 0 Å². The zero-order valence-corrected chi connectivity index (χ0v) is 13.7. The summed E-state index contributed by atoms with van der Waals surface area (Å²) in [4.78, 5) is 29.2. The smallest absolute Gasteiger partial charge is 0.270 e. The van der Waals surface area contributed by atoms with Crippen LogP contribution in [0.25, 0.3) is 0 Å². The summed E-state index contributed by atoms with van der Waals surface area (Å²) in [6.45, 7) is 1.54. The van der Waals surface area contributed by atoms with Gasteiger partial charge >= 0.3 is 0 Å². The minimum absolute atomic E-state index is 0.000630. The molecule has 0 radical (unpaired) electrons. The van der Waals surface area contributed by atoms with Crippen LogP contribution in [0.1, 0.15) is 28.8 Å². The van der Waals surface area contributed by atoms with E-state index in [-0.39, 0.29) is 17.7 Å². The molecule has 1 aromatic carbocycles. The number of non-ortho nitro benzene ring substituents is 1. The molecular weight excluding hydrogens is 322 g/mol. The molecule has 7 nitrogen and oxygen atoms in total. The minimum Gasteiger partial charge on any atom is -0.376 e. The van der Waals surface area contributed by atoms with Crippen molar-refractivity contribution < 1.29 is 14.5 Å². The standard InChI is InChI=1S/C18H19N3O4/c22-18(15-5-1-6-16(10-15)21(23)24)20(13-17-7-3-9-25-17)12-14-4-2-8-19-11-14/h1-2,4-6,8,10-11,17H,3,7,9,12-13H2/t17-/m1/s1. The van der Waals surface area contributed by atoms with Crippen LogP contribution < -0.4 is 0 Å². The Balaban J connectivity index is 1.82. The Morgan fingerprint density at radius 2 is 2.24 bits per heavy atom. The van der Waals surface area contributed by atoms with Crippen LogP contribution in [-0.2, 0) is 11.3 Å². The van der Waals surface area contributed by atoms with Gasteiger partial charge in [0.25, 0.3) is 11.6 Å². The predicted molar refractivity (Wildman–Crippen MR) is 91.0 cm³/mol. The average Bonchev–Trinajstić information content (AvgIpc) is 3.14. The summed E-state index contributed by atoms with van der Waals surface area (Å²) in [5.74, 6) is -0.247. The summed E-state index contributed by atoms with van der Waals surface area (Å²) in [6.07, 6.45) is 5.28. The summed E-state index contributed by atoms with van der Waals surface area (Å²) in [5, 5.41) is 11.0. The second-order valence-electron chi connectivity index (χ2n) is 5.99. The number of nitro groups is 1. The second-order valence-corrected chi connectivity index (χ2v) is 5.99. The number of rotatable bonds is 6. The second kappa shape index (κ2) is 7.85. The molecule has 0 saturated carbocycles. The zero-order chi connectivity index (χ0) is 17.6. The van der Waals surface area contributed by atoms with Crippen molar-refractivity contribution in [2.45, 2.75) is 25.5 Å². The highest BCUT2D eigenvalue weighted by atomic mass is 16.6. The van der Waals surface area contributed by atoms with E-state index < -0.39 is 4.92 Å². The Bertz CT molecular complexity index is 745. The van der Waals surface area contributed by atoms with Gasteiger partial charge in [-0.25, -0.2) is 0 Å². The van der Waals surface area contributed by atoms with E-state index in [9.17, 15) is 14.9 Å². The van der Waals surface area contributed by atoms with E-state index in [1.807, 2.05) is 12.1 Å². The first-order valence-corrected chi connectivity index (χ1v) is 8.18. The van der Waals surface area contributed by atoms with Crippen LogP contribution in [0, 0.1) is 10.1 Å². The number of hydrogen-bond acceptors (Lipinski definition) is 5. The minimum atomic E-state index is -0.498. The first-order chi connectivity index (χ1) is 12.1. The molecule has 0 bridgehead atoms. The van der Waals surface area contributed by atoms with Gasteiger partial charge in [0.2, 0.25) is 0 Å². The number of ether oxygens (including phenoxy) is 1. The monoisotopic (exact) mass is 341 g/mol. The largest absolute Gasteiger partial charge is 0.376 e. The number of pyridine rings is 1. The Labute approximate surface area is 145 Å². The van der Waals surface area contributed by atoms with Crippen LogP contribution in [0.3, 0.4) is 0 Å². The molecular formula is C18H19N3O4. The van der Waals surface area contributed by atoms with Gasteiger partial charge in [-0.1, -0.05) is 12.1 Å². The molecule has 2 heterocycles. The molecule has 1 fully saturated rings. The number of carbonyl (C=O) groups excluding carboxylic acids is 1. The SMILES string of the molecule is O=C(c1cccc([N+](=O)[O-])c1)N(Cc1cccnc1)C[C@H]1CCCO1. The average molecular weight is 341 g/mol. The molecule has 1 aliphatic heterocycles. The van der Waals surface area contributed by atoms with Crippen LogP contribution in [0.2, 0.25) is 0 Å². The number of carbonyl (C=O) groups is 1. The molecule has 3 rings (SSSR count). The van der Waals surface area contributed by atoms with Crippen LogP contribution in [0.15, 0.2) is 48.8 Å². The van der Waals surface area contributed by atoms with E-state index in [0.717, 1.165) is 18.4 Å². The Kier molecular flexibility index (Phi) is 5.35. The third-order valence-electron chi connectivity index (χ3n) is 4.14. The van der Waals surface area contributed by atoms with Gasteiger partial charge in [-0.15, -0.1) is 0 Å². The van der Waals surface area contributed by atoms with E-state index in [1.165, 1.54) is 18.2 Å². The number of hydrogen-bond donors (Lipinski definition) is 0. The third kappa shape index (κ3) is 4.39. The van der Waals surface area contributed by atoms with Crippen molar-refractivity contribution in [1.29, 1.82) is 0 Å². The van der Waals surface area contributed by atoms with E-state index in [1.54, 1.807) is 23.4 Å². The predicted octanol–water partition coefficient (Wildman–Crippen LogP) is 2.81. The summed E-state index contributed by atoms with van der Waals surface area (Å²) in [5.41, 5.74) is 1.11. The van der Waals surface area contributed by atoms with Gasteiger partial charge in [0.05, 0.1) is 11.0 Å². The third-order valence-corrected chi connectivity index (χ3v) is 4.14. The number of nitro benzene ring substituents is 1. The summed E-state index contributed by atoms with van der Waals surface area (Å²) >= 11 is 0. The van der Waals surface area contributed by atoms with Crippen molar-refractivity contribution in [2.75, 3.05) is 13.2 Å². The highest BCUT2D eigenvalue weighted by Gasteiger charge is 2.24. The Morgan fingerprint density at radius 3 is 2.92 bits per heavy atom. The normalized spacial score (nSPS) is 16.6. The van der Waals surface area contributed by atoms with Crippen LogP contribution in [0.4, 0.5) is 5.69 Å². The Morgan fingerprint density at radius 1 is 1.36 bits per heavy atom. The lowest BCUT2D eigenvalue weighted by molar-refractivity contribution is -0.384. The summed E-state index contributed by atoms with van der Waals surface area (Å²) < 4.78 is 5.65. The summed E-state index contributed by atoms with van der Waals surface area (Å²) in [7, 11) is 0. The van der Waals surface area contributed by atoms with E-state index in [2.05, 4.69) is 4.98 Å². The molecule has 0 spiro atoms. The topological polar surface area (TPSA) is 85.6 Å². The van der Waals surface area contributed by atoms with Crippen LogP contribution >= 0.6 is 0 Å². The van der Waals surface area contributed by atoms with Gasteiger partial charge < -0.3 is 9.64 Å². The molecule has 1 atom stereocenters. The van der Waals surface area contributed by atoms with E-state index in [4.69, 9.17) is 4.74 Å². The van der Waals surface area contributed by atoms with Crippen molar-refractivity contribution in [3.05, 3.63) is 70.0 Å². The van der Waals surface area contributed by atoms with Crippen molar-refractivity contribution in [3.8, 4) is 0 Å². The molecule has 0 aliphatic carbocycles. The maximum absolute atomic E-state index is 12.9. The number of aromatic nitrogens is 1. The maximum atomic E-state index is 12.9. The summed E-state index contributed by atoms with van der Waals surface area (Å²) in [6, 6.07) is 9.53. The molecule has 25 heavy (non-hydrogen) atoms. The molecule has 0 unspecified atom stereocenters. The highest BCUT2D eigenvalue weighted by Crippen LogP contribution is 2.19. The van der Waals surface area contributed by atoms with Gasteiger partial charge in [-0.05, 0) is 30.5 Å². The molecule has 1 saturated heterocycles. The fourth-order valence-electron chi connectivity index (χ4n) is 2.90. The lowest BCUT2D eigenvalue weighted by Gasteiger charge is -2.25. The zero-order valence-electron chi connectivity index (χ0n) is 13.7. The van der Waals surface area contributed by atoms with Gasteiger partial charge in [-0.3, -0.25) is 19.9 Å². The lowest BCUT2D eigenvalue weighted by Crippen LogP contribution is -2.37. The van der Waals surface area contributed by atoms with Crippen molar-refractivity contribution >= 4 is 11.6 Å².